The van der Waals surface area contributed by atoms with Gasteiger partial charge >= 0.3 is 0 Å². The van der Waals surface area contributed by atoms with Crippen molar-refractivity contribution in [3.05, 3.63) is 82.3 Å². The molecule has 0 fully saturated rings. The van der Waals surface area contributed by atoms with E-state index in [1.54, 1.807) is 31.2 Å². The summed E-state index contributed by atoms with van der Waals surface area (Å²) in [7, 11) is 3.34. The monoisotopic (exact) mass is 474 g/mol. The molecule has 3 aromatic carbocycles. The Kier molecular flexibility index (Phi) is 5.90. The number of nitrogens with one attached hydrogen (secondary N) is 1. The minimum Gasteiger partial charge on any atom is -0.497 e. The number of nitrogens with zero attached hydrogens (tertiary/aromatic N) is 1. The number of fused-ring (bicyclic) bond motifs is 2. The lowest BCUT2D eigenvalue weighted by molar-refractivity contribution is -0.114. The smallest absolute Gasteiger partial charge is 0.264 e. The lowest BCUT2D eigenvalue weighted by Crippen LogP contribution is -2.31. The van der Waals surface area contributed by atoms with Crippen LogP contribution in [0.1, 0.15) is 21.5 Å². The number of benzene rings is 3. The molecule has 0 bridgehead atoms. The van der Waals surface area contributed by atoms with Crippen molar-refractivity contribution in [2.75, 3.05) is 25.9 Å². The van der Waals surface area contributed by atoms with Crippen molar-refractivity contribution in [2.24, 2.45) is 0 Å². The van der Waals surface area contributed by atoms with Gasteiger partial charge < -0.3 is 24.4 Å². The van der Waals surface area contributed by atoms with Crippen molar-refractivity contribution in [3.8, 4) is 17.2 Å². The summed E-state index contributed by atoms with van der Waals surface area (Å²) in [6.45, 7) is 0.562. The molecule has 2 amide bonds. The first kappa shape index (κ1) is 21.9. The van der Waals surface area contributed by atoms with Gasteiger partial charge in [-0.25, -0.2) is 0 Å². The van der Waals surface area contributed by atoms with Crippen LogP contribution in [0.15, 0.2) is 70.5 Å². The summed E-state index contributed by atoms with van der Waals surface area (Å²) in [6.07, 6.45) is 1.86. The number of anilines is 1. The van der Waals surface area contributed by atoms with Crippen LogP contribution >= 0.6 is 11.8 Å². The number of likely N-dealkylation sites (N-methyl/N-ethyl adjacent to an activating group) is 1. The number of rotatable bonds is 5. The number of amides is 2. The maximum absolute atomic E-state index is 13.0. The van der Waals surface area contributed by atoms with Crippen LogP contribution in [0.4, 0.5) is 5.69 Å². The predicted molar refractivity (Wildman–Crippen MR) is 130 cm³/mol. The van der Waals surface area contributed by atoms with E-state index in [0.29, 0.717) is 34.2 Å². The molecule has 0 aliphatic carbocycles. The first-order valence-electron chi connectivity index (χ1n) is 10.6. The van der Waals surface area contributed by atoms with Gasteiger partial charge in [0, 0.05) is 24.1 Å². The molecular formula is C26H22N2O5S. The van der Waals surface area contributed by atoms with E-state index in [0.717, 1.165) is 21.8 Å². The zero-order valence-corrected chi connectivity index (χ0v) is 19.5. The first-order chi connectivity index (χ1) is 16.5. The average Bonchev–Trinajstić information content (AvgIpc) is 3.34. The van der Waals surface area contributed by atoms with E-state index in [4.69, 9.17) is 14.2 Å². The minimum atomic E-state index is -0.217. The fraction of sp³-hybridized carbons (Fsp3) is 0.154. The number of carbonyl (C=O) groups excluding carboxylic acids is 2. The van der Waals surface area contributed by atoms with Gasteiger partial charge in [0.15, 0.2) is 11.5 Å². The summed E-state index contributed by atoms with van der Waals surface area (Å²) in [6, 6.07) is 18.5. The second kappa shape index (κ2) is 9.15. The second-order valence-corrected chi connectivity index (χ2v) is 8.88. The summed E-state index contributed by atoms with van der Waals surface area (Å²) >= 11 is 1.40. The van der Waals surface area contributed by atoms with Crippen molar-refractivity contribution in [1.82, 2.24) is 5.32 Å². The summed E-state index contributed by atoms with van der Waals surface area (Å²) in [5.41, 5.74) is 3.01. The van der Waals surface area contributed by atoms with Gasteiger partial charge in [0.1, 0.15) is 5.75 Å². The molecule has 5 rings (SSSR count). The van der Waals surface area contributed by atoms with Crippen molar-refractivity contribution >= 4 is 35.3 Å². The quantitative estimate of drug-likeness (QED) is 0.550. The summed E-state index contributed by atoms with van der Waals surface area (Å²) in [5, 5.41) is 2.92. The average molecular weight is 475 g/mol. The van der Waals surface area contributed by atoms with Crippen LogP contribution in [0.2, 0.25) is 0 Å². The van der Waals surface area contributed by atoms with Crippen LogP contribution in [-0.4, -0.2) is 32.8 Å². The summed E-state index contributed by atoms with van der Waals surface area (Å²) in [5.74, 6) is 1.81. The van der Waals surface area contributed by atoms with Crippen LogP contribution in [0.3, 0.4) is 0 Å². The highest BCUT2D eigenvalue weighted by molar-refractivity contribution is 8.04. The van der Waals surface area contributed by atoms with Crippen LogP contribution in [0.25, 0.3) is 6.08 Å². The lowest BCUT2D eigenvalue weighted by Gasteiger charge is -2.27. The third-order valence-corrected chi connectivity index (χ3v) is 6.70. The normalized spacial score (nSPS) is 15.3. The Morgan fingerprint density at radius 3 is 2.68 bits per heavy atom. The Morgan fingerprint density at radius 2 is 1.88 bits per heavy atom. The molecule has 3 aromatic rings. The maximum Gasteiger partial charge on any atom is 0.264 e. The number of ether oxygens (including phenoxy) is 3. The van der Waals surface area contributed by atoms with Crippen LogP contribution < -0.4 is 24.4 Å². The SMILES string of the molecule is COc1ccc(C=C2Sc3ccc(C(=O)NCc4ccc5c(c4)OCO5)cc3N(C)C2=O)cc1. The van der Waals surface area contributed by atoms with E-state index < -0.39 is 0 Å². The number of thioether (sulfide) groups is 1. The van der Waals surface area contributed by atoms with E-state index in [9.17, 15) is 9.59 Å². The van der Waals surface area contributed by atoms with Crippen molar-refractivity contribution in [3.63, 3.8) is 0 Å². The van der Waals surface area contributed by atoms with Gasteiger partial charge in [0.05, 0.1) is 17.7 Å². The molecule has 2 heterocycles. The molecule has 0 atom stereocenters. The Bertz CT molecular complexity index is 1300. The largest absolute Gasteiger partial charge is 0.497 e. The highest BCUT2D eigenvalue weighted by Crippen LogP contribution is 2.42. The van der Waals surface area contributed by atoms with Gasteiger partial charge in [0.25, 0.3) is 11.8 Å². The van der Waals surface area contributed by atoms with Gasteiger partial charge in [-0.05, 0) is 59.7 Å². The van der Waals surface area contributed by atoms with Crippen LogP contribution in [0, 0.1) is 0 Å². The van der Waals surface area contributed by atoms with E-state index in [-0.39, 0.29) is 18.6 Å². The Labute approximate surface area is 201 Å². The number of hydrogen-bond acceptors (Lipinski definition) is 6. The van der Waals surface area contributed by atoms with Gasteiger partial charge in [0.2, 0.25) is 6.79 Å². The standard InChI is InChI=1S/C26H22N2O5S/c1-28-20-13-18(25(29)27-14-17-5-9-21-22(11-17)33-15-32-21)6-10-23(20)34-24(26(28)30)12-16-3-7-19(31-2)8-4-16/h3-13H,14-15H2,1-2H3,(H,27,29). The molecule has 1 N–H and O–H groups in total. The molecule has 7 nitrogen and oxygen atoms in total. The number of hydrogen-bond donors (Lipinski definition) is 1. The molecule has 0 unspecified atom stereocenters. The van der Waals surface area contributed by atoms with Gasteiger partial charge in [-0.2, -0.15) is 0 Å². The first-order valence-corrected chi connectivity index (χ1v) is 11.5. The molecule has 2 aliphatic rings. The zero-order valence-electron chi connectivity index (χ0n) is 18.7. The third-order valence-electron chi connectivity index (χ3n) is 5.62. The number of methoxy groups -OCH3 is 1. The van der Waals surface area contributed by atoms with E-state index in [2.05, 4.69) is 5.32 Å². The minimum absolute atomic E-state index is 0.119. The highest BCUT2D eigenvalue weighted by Gasteiger charge is 2.27. The molecular weight excluding hydrogens is 452 g/mol. The molecule has 34 heavy (non-hydrogen) atoms. The van der Waals surface area contributed by atoms with Crippen molar-refractivity contribution < 1.29 is 23.8 Å². The van der Waals surface area contributed by atoms with Crippen LogP contribution in [-0.2, 0) is 11.3 Å². The fourth-order valence-electron chi connectivity index (χ4n) is 3.72. The zero-order chi connectivity index (χ0) is 23.7. The third kappa shape index (κ3) is 4.32. The molecule has 2 aliphatic heterocycles. The maximum atomic E-state index is 13.0. The molecule has 0 spiro atoms. The van der Waals surface area contributed by atoms with Crippen molar-refractivity contribution in [1.29, 1.82) is 0 Å². The van der Waals surface area contributed by atoms with E-state index in [1.165, 1.54) is 11.8 Å². The van der Waals surface area contributed by atoms with Crippen molar-refractivity contribution in [2.45, 2.75) is 11.4 Å². The Morgan fingerprint density at radius 1 is 1.09 bits per heavy atom. The Balaban J connectivity index is 1.31. The van der Waals surface area contributed by atoms with Crippen LogP contribution in [0.5, 0.6) is 17.2 Å². The molecule has 0 radical (unpaired) electrons. The molecule has 172 valence electrons. The summed E-state index contributed by atoms with van der Waals surface area (Å²) in [4.78, 5) is 28.9. The fourth-order valence-corrected chi connectivity index (χ4v) is 4.81. The molecule has 0 saturated heterocycles. The number of carbonyl (C=O) groups is 2. The molecule has 8 heteroatoms. The highest BCUT2D eigenvalue weighted by atomic mass is 32.2. The topological polar surface area (TPSA) is 77.1 Å². The van der Waals surface area contributed by atoms with Gasteiger partial charge in [-0.15, -0.1) is 0 Å². The van der Waals surface area contributed by atoms with E-state index in [1.807, 2.05) is 54.6 Å². The van der Waals surface area contributed by atoms with Gasteiger partial charge in [-0.1, -0.05) is 30.0 Å². The molecule has 0 saturated carbocycles. The Hall–Kier alpha value is -3.91. The summed E-state index contributed by atoms with van der Waals surface area (Å²) < 4.78 is 15.9. The molecule has 0 aromatic heterocycles. The predicted octanol–water partition coefficient (Wildman–Crippen LogP) is 4.46. The lowest BCUT2D eigenvalue weighted by atomic mass is 10.1. The second-order valence-electron chi connectivity index (χ2n) is 7.80. The van der Waals surface area contributed by atoms with E-state index >= 15 is 0 Å². The van der Waals surface area contributed by atoms with Gasteiger partial charge in [-0.3, -0.25) is 9.59 Å².